The summed E-state index contributed by atoms with van der Waals surface area (Å²) < 4.78 is 18.1. The fourth-order valence-electron chi connectivity index (χ4n) is 5.56. The molecule has 2 bridgehead atoms. The average Bonchev–Trinajstić information content (AvgIpc) is 2.86. The molecular weight excluding hydrogens is 302 g/mol. The van der Waals surface area contributed by atoms with E-state index in [2.05, 4.69) is 37.1 Å². The third kappa shape index (κ3) is 1.33. The molecule has 1 saturated heterocycles. The Balaban J connectivity index is 1.89. The Morgan fingerprint density at radius 3 is 2.79 bits per heavy atom. The first-order valence-electron chi connectivity index (χ1n) is 8.63. The third-order valence-corrected chi connectivity index (χ3v) is 6.72. The second kappa shape index (κ2) is 4.37. The van der Waals surface area contributed by atoms with Crippen LogP contribution in [0, 0.1) is 0 Å². The number of piperidine rings is 1. The van der Waals surface area contributed by atoms with Crippen LogP contribution in [0.25, 0.3) is 0 Å². The lowest BCUT2D eigenvalue weighted by Crippen LogP contribution is -2.63. The molecule has 0 radical (unpaired) electrons. The first kappa shape index (κ1) is 14.4. The Kier molecular flexibility index (Phi) is 2.62. The summed E-state index contributed by atoms with van der Waals surface area (Å²) in [6.07, 6.45) is 6.45. The molecule has 4 nitrogen and oxygen atoms in total. The lowest BCUT2D eigenvalue weighted by atomic mass is 9.53. The molecular formula is C20H23NO3. The molecule has 1 spiro atoms. The molecule has 5 rings (SSSR count). The Bertz CT molecular complexity index is 811. The number of nitrogens with zero attached hydrogens (tertiary/aromatic N) is 1. The maximum absolute atomic E-state index is 6.65. The number of ether oxygens (including phenoxy) is 3. The molecule has 0 N–H and O–H groups in total. The molecule has 1 fully saturated rings. The van der Waals surface area contributed by atoms with Gasteiger partial charge in [-0.2, -0.15) is 0 Å². The van der Waals surface area contributed by atoms with Gasteiger partial charge in [0.15, 0.2) is 17.1 Å². The van der Waals surface area contributed by atoms with E-state index in [1.165, 1.54) is 16.7 Å². The van der Waals surface area contributed by atoms with Crippen LogP contribution < -0.4 is 9.47 Å². The molecule has 3 atom stereocenters. The topological polar surface area (TPSA) is 30.9 Å². The highest BCUT2D eigenvalue weighted by molar-refractivity contribution is 5.69. The molecule has 3 unspecified atom stereocenters. The number of likely N-dealkylation sites (tertiary alicyclic amines) is 1. The summed E-state index contributed by atoms with van der Waals surface area (Å²) in [6.45, 7) is 3.25. The first-order chi connectivity index (χ1) is 11.6. The predicted molar refractivity (Wildman–Crippen MR) is 91.6 cm³/mol. The van der Waals surface area contributed by atoms with E-state index in [-0.39, 0.29) is 5.41 Å². The van der Waals surface area contributed by atoms with Crippen molar-refractivity contribution in [3.63, 3.8) is 0 Å². The summed E-state index contributed by atoms with van der Waals surface area (Å²) in [4.78, 5) is 2.48. The van der Waals surface area contributed by atoms with Gasteiger partial charge in [0.25, 0.3) is 0 Å². The number of likely N-dealkylation sites (N-methyl/N-ethyl adjacent to an activating group) is 1. The summed E-state index contributed by atoms with van der Waals surface area (Å²) in [6, 6.07) is 4.71. The van der Waals surface area contributed by atoms with E-state index in [1.807, 2.05) is 6.07 Å². The standard InChI is InChI=1S/C20H23NO3/c1-19-16(23-4)8-6-13-14-11-12-5-7-15(22-3)18(24-19)17(12)20(13,19)9-10-21(14)2/h5-8,14H,9-11H2,1-4H3. The number of benzene rings is 1. The lowest BCUT2D eigenvalue weighted by Gasteiger charge is -2.56. The highest BCUT2D eigenvalue weighted by atomic mass is 16.6. The van der Waals surface area contributed by atoms with Gasteiger partial charge < -0.3 is 14.2 Å². The summed E-state index contributed by atoms with van der Waals surface area (Å²) in [5, 5.41) is 0. The molecule has 1 aromatic carbocycles. The highest BCUT2D eigenvalue weighted by Crippen LogP contribution is 2.66. The van der Waals surface area contributed by atoms with Gasteiger partial charge in [-0.3, -0.25) is 4.90 Å². The molecule has 0 saturated carbocycles. The van der Waals surface area contributed by atoms with Crippen molar-refractivity contribution in [2.45, 2.75) is 36.8 Å². The van der Waals surface area contributed by atoms with Crippen LogP contribution in [0.15, 0.2) is 35.6 Å². The van der Waals surface area contributed by atoms with Gasteiger partial charge in [-0.15, -0.1) is 0 Å². The summed E-state index contributed by atoms with van der Waals surface area (Å²) in [5.41, 5.74) is 3.56. The minimum absolute atomic E-state index is 0.137. The van der Waals surface area contributed by atoms with Crippen LogP contribution in [0.1, 0.15) is 24.5 Å². The Labute approximate surface area is 142 Å². The van der Waals surface area contributed by atoms with E-state index in [0.29, 0.717) is 6.04 Å². The van der Waals surface area contributed by atoms with Gasteiger partial charge in [-0.1, -0.05) is 12.1 Å². The van der Waals surface area contributed by atoms with Crippen LogP contribution >= 0.6 is 0 Å². The van der Waals surface area contributed by atoms with Crippen molar-refractivity contribution in [3.05, 3.63) is 46.7 Å². The summed E-state index contributed by atoms with van der Waals surface area (Å²) in [7, 11) is 5.69. The Hall–Kier alpha value is -1.94. The van der Waals surface area contributed by atoms with Crippen molar-refractivity contribution in [3.8, 4) is 11.5 Å². The van der Waals surface area contributed by atoms with E-state index in [4.69, 9.17) is 14.2 Å². The number of allylic oxidation sites excluding steroid dienone is 2. The molecule has 4 aliphatic rings. The maximum Gasteiger partial charge on any atom is 0.176 e. The van der Waals surface area contributed by atoms with Crippen molar-refractivity contribution in [2.75, 3.05) is 27.8 Å². The second-order valence-electron chi connectivity index (χ2n) is 7.48. The van der Waals surface area contributed by atoms with E-state index in [1.54, 1.807) is 14.2 Å². The van der Waals surface area contributed by atoms with Crippen molar-refractivity contribution >= 4 is 0 Å². The summed E-state index contributed by atoms with van der Waals surface area (Å²) >= 11 is 0. The Morgan fingerprint density at radius 2 is 2.04 bits per heavy atom. The average molecular weight is 325 g/mol. The van der Waals surface area contributed by atoms with E-state index < -0.39 is 5.60 Å². The van der Waals surface area contributed by atoms with Gasteiger partial charge >= 0.3 is 0 Å². The molecule has 2 heterocycles. The van der Waals surface area contributed by atoms with Crippen LogP contribution in [0.5, 0.6) is 11.5 Å². The lowest BCUT2D eigenvalue weighted by molar-refractivity contribution is 0.0000954. The van der Waals surface area contributed by atoms with Gasteiger partial charge in [0, 0.05) is 11.6 Å². The van der Waals surface area contributed by atoms with Crippen LogP contribution in [0.4, 0.5) is 0 Å². The highest BCUT2D eigenvalue weighted by Gasteiger charge is 2.68. The second-order valence-corrected chi connectivity index (χ2v) is 7.48. The van der Waals surface area contributed by atoms with E-state index in [0.717, 1.165) is 36.6 Å². The van der Waals surface area contributed by atoms with Crippen LogP contribution in [0.2, 0.25) is 0 Å². The fraction of sp³-hybridized carbons (Fsp3) is 0.500. The Morgan fingerprint density at radius 1 is 1.21 bits per heavy atom. The third-order valence-electron chi connectivity index (χ3n) is 6.72. The van der Waals surface area contributed by atoms with Crippen molar-refractivity contribution < 1.29 is 14.2 Å². The van der Waals surface area contributed by atoms with Crippen LogP contribution in [-0.4, -0.2) is 44.4 Å². The number of methoxy groups -OCH3 is 2. The quantitative estimate of drug-likeness (QED) is 0.837. The normalized spacial score (nSPS) is 35.6. The molecule has 0 amide bonds. The number of hydrogen-bond acceptors (Lipinski definition) is 4. The van der Waals surface area contributed by atoms with Crippen LogP contribution in [0.3, 0.4) is 0 Å². The minimum atomic E-state index is -0.502. The zero-order valence-corrected chi connectivity index (χ0v) is 14.7. The molecule has 0 aromatic heterocycles. The van der Waals surface area contributed by atoms with Crippen molar-refractivity contribution in [2.24, 2.45) is 0 Å². The van der Waals surface area contributed by atoms with Crippen molar-refractivity contribution in [1.29, 1.82) is 0 Å². The molecule has 24 heavy (non-hydrogen) atoms. The molecule has 2 aliphatic carbocycles. The summed E-state index contributed by atoms with van der Waals surface area (Å²) in [5.74, 6) is 2.64. The van der Waals surface area contributed by atoms with Gasteiger partial charge in [-0.05, 0) is 56.6 Å². The van der Waals surface area contributed by atoms with E-state index in [9.17, 15) is 0 Å². The maximum atomic E-state index is 6.65. The van der Waals surface area contributed by atoms with Crippen LogP contribution in [-0.2, 0) is 16.6 Å². The molecule has 2 aliphatic heterocycles. The fourth-order valence-corrected chi connectivity index (χ4v) is 5.56. The largest absolute Gasteiger partial charge is 0.497 e. The molecule has 126 valence electrons. The van der Waals surface area contributed by atoms with Gasteiger partial charge in [0.05, 0.1) is 19.6 Å². The zero-order chi connectivity index (χ0) is 16.7. The van der Waals surface area contributed by atoms with Gasteiger partial charge in [-0.25, -0.2) is 0 Å². The minimum Gasteiger partial charge on any atom is -0.497 e. The zero-order valence-electron chi connectivity index (χ0n) is 14.7. The van der Waals surface area contributed by atoms with Gasteiger partial charge in [0.1, 0.15) is 5.76 Å². The predicted octanol–water partition coefficient (Wildman–Crippen LogP) is 2.81. The van der Waals surface area contributed by atoms with E-state index >= 15 is 0 Å². The SMILES string of the molecule is COC1=CC=C2C3Cc4ccc(OC)c5c4C2(CCN3C)C1(C)O5. The molecule has 1 aromatic rings. The molecule has 4 heteroatoms. The number of rotatable bonds is 2. The monoisotopic (exact) mass is 325 g/mol. The first-order valence-corrected chi connectivity index (χ1v) is 8.63. The van der Waals surface area contributed by atoms with Gasteiger partial charge in [0.2, 0.25) is 0 Å². The number of hydrogen-bond donors (Lipinski definition) is 0. The smallest absolute Gasteiger partial charge is 0.176 e. The van der Waals surface area contributed by atoms with Crippen molar-refractivity contribution in [1.82, 2.24) is 4.90 Å².